The Morgan fingerprint density at radius 2 is 2.12 bits per heavy atom. The molecule has 0 saturated carbocycles. The van der Waals surface area contributed by atoms with E-state index in [1.807, 2.05) is 32.0 Å². The molecule has 1 heterocycles. The predicted molar refractivity (Wildman–Crippen MR) is 109 cm³/mol. The number of nitrogens with zero attached hydrogens (tertiary/aromatic N) is 1. The maximum Gasteiger partial charge on any atom is 0.0716 e. The Labute approximate surface area is 152 Å². The third-order valence-corrected chi connectivity index (χ3v) is 4.50. The lowest BCUT2D eigenvalue weighted by atomic mass is 9.87. The van der Waals surface area contributed by atoms with E-state index in [4.69, 9.17) is 0 Å². The normalized spacial score (nSPS) is 27.1. The lowest BCUT2D eigenvalue weighted by molar-refractivity contribution is 0.574. The zero-order chi connectivity index (χ0) is 18.4. The molecule has 25 heavy (non-hydrogen) atoms. The molecule has 1 unspecified atom stereocenters. The van der Waals surface area contributed by atoms with E-state index in [2.05, 4.69) is 74.5 Å². The molecule has 0 bridgehead atoms. The van der Waals surface area contributed by atoms with E-state index in [0.29, 0.717) is 0 Å². The van der Waals surface area contributed by atoms with Crippen molar-refractivity contribution in [2.45, 2.75) is 34.1 Å². The van der Waals surface area contributed by atoms with Crippen molar-refractivity contribution in [2.75, 3.05) is 7.05 Å². The number of hydrogen-bond acceptors (Lipinski definition) is 1. The Morgan fingerprint density at radius 3 is 2.80 bits per heavy atom. The Hall–Kier alpha value is -2.68. The summed E-state index contributed by atoms with van der Waals surface area (Å²) in [7, 11) is 2.00. The third-order valence-electron chi connectivity index (χ3n) is 4.50. The predicted octanol–water partition coefficient (Wildman–Crippen LogP) is 5.85. The van der Waals surface area contributed by atoms with Gasteiger partial charge >= 0.3 is 0 Å². The molecule has 0 radical (unpaired) electrons. The van der Waals surface area contributed by atoms with Gasteiger partial charge in [-0.25, -0.2) is 0 Å². The fraction of sp³-hybridized carbons (Fsp3) is 0.292. The molecule has 1 atom stereocenters. The molecule has 0 aromatic carbocycles. The highest BCUT2D eigenvalue weighted by atomic mass is 15.1. The summed E-state index contributed by atoms with van der Waals surface area (Å²) in [6, 6.07) is 0. The molecule has 0 amide bonds. The van der Waals surface area contributed by atoms with Crippen LogP contribution in [0.5, 0.6) is 0 Å². The van der Waals surface area contributed by atoms with Crippen molar-refractivity contribution >= 4 is 0 Å². The molecule has 0 spiro atoms. The monoisotopic (exact) mass is 329 g/mol. The second kappa shape index (κ2) is 8.43. The summed E-state index contributed by atoms with van der Waals surface area (Å²) < 4.78 is 0. The van der Waals surface area contributed by atoms with Gasteiger partial charge in [-0.15, -0.1) is 0 Å². The van der Waals surface area contributed by atoms with Crippen LogP contribution in [-0.2, 0) is 0 Å². The van der Waals surface area contributed by atoms with Crippen LogP contribution in [0, 0.1) is 17.8 Å². The number of allylic oxidation sites excluding steroid dienone is 10. The molecule has 1 aliphatic heterocycles. The van der Waals surface area contributed by atoms with E-state index >= 15 is 0 Å². The largest absolute Gasteiger partial charge is 0.344 e. The highest BCUT2D eigenvalue weighted by Crippen LogP contribution is 2.32. The fourth-order valence-electron chi connectivity index (χ4n) is 2.73. The van der Waals surface area contributed by atoms with Gasteiger partial charge in [0.1, 0.15) is 0 Å². The van der Waals surface area contributed by atoms with Gasteiger partial charge in [0.15, 0.2) is 0 Å². The smallest absolute Gasteiger partial charge is 0.0716 e. The van der Waals surface area contributed by atoms with Gasteiger partial charge in [0.2, 0.25) is 0 Å². The van der Waals surface area contributed by atoms with Crippen molar-refractivity contribution in [1.29, 1.82) is 0 Å². The molecule has 1 heteroatoms. The second-order valence-electron chi connectivity index (χ2n) is 6.41. The first-order valence-electron chi connectivity index (χ1n) is 8.70. The minimum atomic E-state index is 0.0194. The summed E-state index contributed by atoms with van der Waals surface area (Å²) in [4.78, 5) is 2.01. The van der Waals surface area contributed by atoms with Crippen LogP contribution in [0.4, 0.5) is 0 Å². The summed E-state index contributed by atoms with van der Waals surface area (Å²) in [6.07, 6.45) is 15.6. The van der Waals surface area contributed by atoms with Crippen LogP contribution >= 0.6 is 0 Å². The van der Waals surface area contributed by atoms with Crippen molar-refractivity contribution in [1.82, 2.24) is 4.90 Å². The first kappa shape index (κ1) is 18.7. The van der Waals surface area contributed by atoms with Crippen LogP contribution in [0.3, 0.4) is 0 Å². The molecule has 0 N–H and O–H groups in total. The Kier molecular flexibility index (Phi) is 6.29. The first-order chi connectivity index (χ1) is 12.0. The summed E-state index contributed by atoms with van der Waals surface area (Å²) >= 11 is 0. The van der Waals surface area contributed by atoms with Crippen LogP contribution in [-0.4, -0.2) is 11.9 Å². The van der Waals surface area contributed by atoms with Gasteiger partial charge in [0, 0.05) is 36.5 Å². The van der Waals surface area contributed by atoms with Crippen molar-refractivity contribution in [3.8, 4) is 11.8 Å². The molecule has 2 rings (SSSR count). The third kappa shape index (κ3) is 4.44. The van der Waals surface area contributed by atoms with Gasteiger partial charge in [-0.2, -0.15) is 0 Å². The van der Waals surface area contributed by atoms with Gasteiger partial charge in [-0.05, 0) is 39.3 Å². The van der Waals surface area contributed by atoms with E-state index in [9.17, 15) is 0 Å². The van der Waals surface area contributed by atoms with Crippen molar-refractivity contribution in [2.24, 2.45) is 5.92 Å². The molecule has 0 fully saturated rings. The molecule has 0 saturated heterocycles. The van der Waals surface area contributed by atoms with Crippen LogP contribution in [0.15, 0.2) is 88.5 Å². The van der Waals surface area contributed by atoms with Crippen LogP contribution in [0.1, 0.15) is 34.1 Å². The molecule has 0 aromatic heterocycles. The molecule has 1 nitrogen and oxygen atoms in total. The Bertz CT molecular complexity index is 834. The van der Waals surface area contributed by atoms with Crippen LogP contribution < -0.4 is 0 Å². The van der Waals surface area contributed by atoms with Crippen molar-refractivity contribution < 1.29 is 0 Å². The highest BCUT2D eigenvalue weighted by Gasteiger charge is 2.21. The quantitative estimate of drug-likeness (QED) is 0.464. The molecule has 0 aromatic rings. The molecular weight excluding hydrogens is 302 g/mol. The number of hydrogen-bond donors (Lipinski definition) is 0. The van der Waals surface area contributed by atoms with Gasteiger partial charge < -0.3 is 4.90 Å². The molecular formula is C24H27N. The fourth-order valence-corrected chi connectivity index (χ4v) is 2.73. The van der Waals surface area contributed by atoms with E-state index < -0.39 is 0 Å². The molecule has 128 valence electrons. The maximum absolute atomic E-state index is 4.25. The van der Waals surface area contributed by atoms with Gasteiger partial charge in [0.25, 0.3) is 0 Å². The Morgan fingerprint density at radius 1 is 1.36 bits per heavy atom. The summed E-state index contributed by atoms with van der Waals surface area (Å²) in [5.41, 5.74) is 10.4. The second-order valence-corrected chi connectivity index (χ2v) is 6.41. The number of rotatable bonds is 3. The van der Waals surface area contributed by atoms with Crippen LogP contribution in [0.2, 0.25) is 0 Å². The average molecular weight is 329 g/mol. The topological polar surface area (TPSA) is 3.24 Å². The van der Waals surface area contributed by atoms with Gasteiger partial charge in [-0.1, -0.05) is 65.7 Å². The van der Waals surface area contributed by atoms with Gasteiger partial charge in [0.05, 0.1) is 5.92 Å². The highest BCUT2D eigenvalue weighted by molar-refractivity contribution is 5.55. The van der Waals surface area contributed by atoms with Crippen molar-refractivity contribution in [3.05, 3.63) is 88.5 Å². The van der Waals surface area contributed by atoms with Crippen molar-refractivity contribution in [3.63, 3.8) is 0 Å². The van der Waals surface area contributed by atoms with E-state index in [1.165, 1.54) is 16.7 Å². The lowest BCUT2D eigenvalue weighted by Gasteiger charge is -2.26. The standard InChI is InChI=1S/C24H27N/c1-7-10-21-13-14-22(12-9-11-19(21)4)23-15-16-25(6)20(5)24(23)17-18(3)8-2/h7-8,10,13-14,16-17,22H,5,11H2,1-4,6H3/b10-7-,14-13-,18-8-,21-19-,24-17+. The minimum absolute atomic E-state index is 0.0194. The summed E-state index contributed by atoms with van der Waals surface area (Å²) in [5, 5.41) is 0. The van der Waals surface area contributed by atoms with E-state index in [0.717, 1.165) is 23.3 Å². The average Bonchev–Trinajstić information content (AvgIpc) is 2.59. The molecule has 1 aliphatic carbocycles. The Balaban J connectivity index is 2.52. The maximum atomic E-state index is 4.25. The first-order valence-corrected chi connectivity index (χ1v) is 8.70. The van der Waals surface area contributed by atoms with E-state index in [1.54, 1.807) is 0 Å². The van der Waals surface area contributed by atoms with Crippen LogP contribution in [0.25, 0.3) is 0 Å². The summed E-state index contributed by atoms with van der Waals surface area (Å²) in [6.45, 7) is 12.6. The summed E-state index contributed by atoms with van der Waals surface area (Å²) in [5.74, 6) is 6.76. The molecule has 2 aliphatic rings. The van der Waals surface area contributed by atoms with E-state index in [-0.39, 0.29) is 5.92 Å². The lowest BCUT2D eigenvalue weighted by Crippen LogP contribution is -2.18. The number of likely N-dealkylation sites (N-methyl/N-ethyl adjacent to an activating group) is 1. The zero-order valence-electron chi connectivity index (χ0n) is 16.0. The van der Waals surface area contributed by atoms with Gasteiger partial charge in [-0.3, -0.25) is 0 Å². The zero-order valence-corrected chi connectivity index (χ0v) is 16.0. The minimum Gasteiger partial charge on any atom is -0.344 e. The SMILES string of the molecule is C=C1/C(=C\C(C)=C/C)C(C2C#CC/C(C)=C(/C=C\C)\C=C/2)=C=CN1C.